The first-order valence-corrected chi connectivity index (χ1v) is 7.02. The Hall–Kier alpha value is -1.38. The SMILES string of the molecule is N#Cc1ccc(CNC2CCC(C(N)=O)CC2)s1. The highest BCUT2D eigenvalue weighted by atomic mass is 32.1. The predicted octanol–water partition coefficient (Wildman–Crippen LogP) is 1.75. The molecule has 0 aliphatic heterocycles. The van der Waals surface area contributed by atoms with Gasteiger partial charge in [-0.05, 0) is 37.8 Å². The molecule has 0 bridgehead atoms. The molecule has 0 atom stereocenters. The zero-order valence-electron chi connectivity index (χ0n) is 10.2. The van der Waals surface area contributed by atoms with Crippen molar-refractivity contribution in [2.24, 2.45) is 11.7 Å². The lowest BCUT2D eigenvalue weighted by Gasteiger charge is -2.27. The second kappa shape index (κ2) is 5.98. The van der Waals surface area contributed by atoms with Crippen molar-refractivity contribution in [2.75, 3.05) is 0 Å². The van der Waals surface area contributed by atoms with Crippen molar-refractivity contribution in [3.05, 3.63) is 21.9 Å². The summed E-state index contributed by atoms with van der Waals surface area (Å²) in [6.45, 7) is 0.804. The molecule has 1 aliphatic rings. The summed E-state index contributed by atoms with van der Waals surface area (Å²) >= 11 is 1.53. The van der Waals surface area contributed by atoms with Crippen molar-refractivity contribution in [1.82, 2.24) is 5.32 Å². The molecule has 1 fully saturated rings. The molecule has 1 amide bonds. The standard InChI is InChI=1S/C13H17N3OS/c14-7-11-5-6-12(18-11)8-16-10-3-1-9(2-4-10)13(15)17/h5-6,9-10,16H,1-4,8H2,(H2,15,17). The van der Waals surface area contributed by atoms with Crippen LogP contribution in [0.5, 0.6) is 0 Å². The smallest absolute Gasteiger partial charge is 0.220 e. The Morgan fingerprint density at radius 2 is 2.17 bits per heavy atom. The molecule has 0 spiro atoms. The fourth-order valence-corrected chi connectivity index (χ4v) is 3.12. The van der Waals surface area contributed by atoms with Gasteiger partial charge in [-0.2, -0.15) is 5.26 Å². The molecule has 0 aromatic carbocycles. The summed E-state index contributed by atoms with van der Waals surface area (Å²) in [6, 6.07) is 6.45. The minimum Gasteiger partial charge on any atom is -0.369 e. The third kappa shape index (κ3) is 3.31. The second-order valence-electron chi connectivity index (χ2n) is 4.71. The largest absolute Gasteiger partial charge is 0.369 e. The number of thiophene rings is 1. The molecule has 18 heavy (non-hydrogen) atoms. The quantitative estimate of drug-likeness (QED) is 0.868. The van der Waals surface area contributed by atoms with E-state index in [4.69, 9.17) is 11.0 Å². The third-order valence-electron chi connectivity index (χ3n) is 3.47. The van der Waals surface area contributed by atoms with E-state index in [0.717, 1.165) is 37.1 Å². The van der Waals surface area contributed by atoms with Gasteiger partial charge in [-0.15, -0.1) is 11.3 Å². The van der Waals surface area contributed by atoms with Crippen LogP contribution >= 0.6 is 11.3 Å². The molecule has 1 saturated carbocycles. The van der Waals surface area contributed by atoms with Crippen LogP contribution in [0.15, 0.2) is 12.1 Å². The molecule has 1 heterocycles. The van der Waals surface area contributed by atoms with E-state index in [9.17, 15) is 4.79 Å². The molecule has 1 aromatic heterocycles. The number of hydrogen-bond acceptors (Lipinski definition) is 4. The lowest BCUT2D eigenvalue weighted by molar-refractivity contribution is -0.122. The highest BCUT2D eigenvalue weighted by Crippen LogP contribution is 2.24. The van der Waals surface area contributed by atoms with E-state index < -0.39 is 0 Å². The summed E-state index contributed by atoms with van der Waals surface area (Å²) < 4.78 is 0. The number of nitrogens with one attached hydrogen (secondary N) is 1. The first-order chi connectivity index (χ1) is 8.69. The average Bonchev–Trinajstić information content (AvgIpc) is 2.85. The van der Waals surface area contributed by atoms with E-state index in [1.54, 1.807) is 0 Å². The van der Waals surface area contributed by atoms with Gasteiger partial charge in [0.15, 0.2) is 0 Å². The van der Waals surface area contributed by atoms with Gasteiger partial charge in [0, 0.05) is 23.4 Å². The van der Waals surface area contributed by atoms with Crippen LogP contribution in [0.4, 0.5) is 0 Å². The highest BCUT2D eigenvalue weighted by molar-refractivity contribution is 7.12. The molecular weight excluding hydrogens is 246 g/mol. The number of nitrogens with zero attached hydrogens (tertiary/aromatic N) is 1. The first kappa shape index (κ1) is 13.1. The molecule has 3 N–H and O–H groups in total. The molecule has 0 radical (unpaired) electrons. The van der Waals surface area contributed by atoms with Crippen molar-refractivity contribution < 1.29 is 4.79 Å². The molecule has 5 heteroatoms. The van der Waals surface area contributed by atoms with E-state index in [2.05, 4.69) is 11.4 Å². The van der Waals surface area contributed by atoms with E-state index in [-0.39, 0.29) is 11.8 Å². The molecule has 0 unspecified atom stereocenters. The Morgan fingerprint density at radius 3 is 2.72 bits per heavy atom. The van der Waals surface area contributed by atoms with Crippen LogP contribution in [0, 0.1) is 17.2 Å². The molecule has 96 valence electrons. The maximum atomic E-state index is 11.0. The fourth-order valence-electron chi connectivity index (χ4n) is 2.36. The fraction of sp³-hybridized carbons (Fsp3) is 0.538. The summed E-state index contributed by atoms with van der Waals surface area (Å²) in [5.41, 5.74) is 5.31. The van der Waals surface area contributed by atoms with Crippen molar-refractivity contribution in [2.45, 2.75) is 38.3 Å². The maximum Gasteiger partial charge on any atom is 0.220 e. The molecule has 1 aromatic rings. The molecule has 0 saturated heterocycles. The van der Waals surface area contributed by atoms with Crippen LogP contribution in [0.1, 0.15) is 35.4 Å². The number of carbonyl (C=O) groups is 1. The second-order valence-corrected chi connectivity index (χ2v) is 5.88. The van der Waals surface area contributed by atoms with E-state index in [1.165, 1.54) is 16.2 Å². The number of rotatable bonds is 4. The minimum atomic E-state index is -0.162. The van der Waals surface area contributed by atoms with E-state index in [1.807, 2.05) is 12.1 Å². The summed E-state index contributed by atoms with van der Waals surface area (Å²) in [4.78, 5) is 13.0. The number of hydrogen-bond donors (Lipinski definition) is 2. The van der Waals surface area contributed by atoms with Crippen molar-refractivity contribution >= 4 is 17.2 Å². The van der Waals surface area contributed by atoms with Crippen LogP contribution in [0.3, 0.4) is 0 Å². The van der Waals surface area contributed by atoms with Gasteiger partial charge in [0.25, 0.3) is 0 Å². The predicted molar refractivity (Wildman–Crippen MR) is 70.8 cm³/mol. The monoisotopic (exact) mass is 263 g/mol. The third-order valence-corrected chi connectivity index (χ3v) is 4.46. The molecule has 1 aliphatic carbocycles. The van der Waals surface area contributed by atoms with Gasteiger partial charge in [0.05, 0.1) is 0 Å². The summed E-state index contributed by atoms with van der Waals surface area (Å²) in [7, 11) is 0. The zero-order valence-corrected chi connectivity index (χ0v) is 11.0. The Morgan fingerprint density at radius 1 is 1.44 bits per heavy atom. The lowest BCUT2D eigenvalue weighted by Crippen LogP contribution is -2.36. The van der Waals surface area contributed by atoms with Crippen LogP contribution in [0.2, 0.25) is 0 Å². The van der Waals surface area contributed by atoms with Gasteiger partial charge in [-0.1, -0.05) is 0 Å². The van der Waals surface area contributed by atoms with Gasteiger partial charge in [-0.3, -0.25) is 4.79 Å². The Balaban J connectivity index is 1.75. The highest BCUT2D eigenvalue weighted by Gasteiger charge is 2.24. The number of amides is 1. The zero-order chi connectivity index (χ0) is 13.0. The van der Waals surface area contributed by atoms with Crippen LogP contribution < -0.4 is 11.1 Å². The Kier molecular flexibility index (Phi) is 4.34. The van der Waals surface area contributed by atoms with E-state index in [0.29, 0.717) is 6.04 Å². The van der Waals surface area contributed by atoms with Crippen molar-refractivity contribution in [3.63, 3.8) is 0 Å². The summed E-state index contributed by atoms with van der Waals surface area (Å²) in [5.74, 6) is -0.0969. The molecule has 2 rings (SSSR count). The minimum absolute atomic E-state index is 0.0648. The van der Waals surface area contributed by atoms with Gasteiger partial charge in [0.2, 0.25) is 5.91 Å². The van der Waals surface area contributed by atoms with Gasteiger partial charge in [0.1, 0.15) is 10.9 Å². The number of nitrogens with two attached hydrogens (primary N) is 1. The lowest BCUT2D eigenvalue weighted by atomic mass is 9.85. The summed E-state index contributed by atoms with van der Waals surface area (Å²) in [5, 5.41) is 12.2. The Bertz CT molecular complexity index is 455. The topological polar surface area (TPSA) is 78.9 Å². The Labute approximate surface area is 111 Å². The number of carbonyl (C=O) groups excluding carboxylic acids is 1. The van der Waals surface area contributed by atoms with Crippen LogP contribution in [0.25, 0.3) is 0 Å². The normalized spacial score (nSPS) is 23.5. The van der Waals surface area contributed by atoms with Crippen LogP contribution in [-0.2, 0) is 11.3 Å². The first-order valence-electron chi connectivity index (χ1n) is 6.20. The van der Waals surface area contributed by atoms with Gasteiger partial charge < -0.3 is 11.1 Å². The number of primary amides is 1. The molecule has 4 nitrogen and oxygen atoms in total. The molecular formula is C13H17N3OS. The summed E-state index contributed by atoms with van der Waals surface area (Å²) in [6.07, 6.45) is 3.79. The maximum absolute atomic E-state index is 11.0. The van der Waals surface area contributed by atoms with Crippen LogP contribution in [-0.4, -0.2) is 11.9 Å². The van der Waals surface area contributed by atoms with Crippen molar-refractivity contribution in [3.8, 4) is 6.07 Å². The number of nitriles is 1. The average molecular weight is 263 g/mol. The van der Waals surface area contributed by atoms with Gasteiger partial charge in [-0.25, -0.2) is 0 Å². The van der Waals surface area contributed by atoms with Crippen molar-refractivity contribution in [1.29, 1.82) is 5.26 Å². The van der Waals surface area contributed by atoms with Gasteiger partial charge >= 0.3 is 0 Å². The van der Waals surface area contributed by atoms with E-state index >= 15 is 0 Å².